The zero-order chi connectivity index (χ0) is 14.7. The van der Waals surface area contributed by atoms with Gasteiger partial charge in [0.1, 0.15) is 11.4 Å². The Labute approximate surface area is 128 Å². The molecule has 0 bridgehead atoms. The number of nitrogens with zero attached hydrogens (tertiary/aromatic N) is 1. The molecular formula is C13H10BrClN2O3. The number of benzene rings is 2. The summed E-state index contributed by atoms with van der Waals surface area (Å²) in [6, 6.07) is 9.85. The molecular weight excluding hydrogens is 348 g/mol. The Balaban J connectivity index is 2.35. The Bertz CT molecular complexity index is 664. The molecule has 1 N–H and O–H groups in total. The molecule has 2 aromatic rings. The molecule has 0 unspecified atom stereocenters. The lowest BCUT2D eigenvalue weighted by atomic mass is 10.2. The summed E-state index contributed by atoms with van der Waals surface area (Å²) in [4.78, 5) is 10.6. The normalized spacial score (nSPS) is 10.2. The number of anilines is 2. The molecule has 0 fully saturated rings. The predicted molar refractivity (Wildman–Crippen MR) is 82.1 cm³/mol. The fraction of sp³-hybridized carbons (Fsp3) is 0.0769. The molecule has 0 radical (unpaired) electrons. The maximum Gasteiger partial charge on any atom is 0.293 e. The molecule has 7 heteroatoms. The summed E-state index contributed by atoms with van der Waals surface area (Å²) in [5, 5.41) is 14.4. The molecule has 20 heavy (non-hydrogen) atoms. The Morgan fingerprint density at radius 3 is 2.65 bits per heavy atom. The summed E-state index contributed by atoms with van der Waals surface area (Å²) >= 11 is 9.23. The summed E-state index contributed by atoms with van der Waals surface area (Å²) in [5.74, 6) is 0.544. The molecule has 0 heterocycles. The lowest BCUT2D eigenvalue weighted by Gasteiger charge is -2.09. The highest BCUT2D eigenvalue weighted by atomic mass is 79.9. The monoisotopic (exact) mass is 356 g/mol. The van der Waals surface area contributed by atoms with E-state index in [0.29, 0.717) is 26.6 Å². The van der Waals surface area contributed by atoms with Gasteiger partial charge in [0.2, 0.25) is 0 Å². The summed E-state index contributed by atoms with van der Waals surface area (Å²) in [5.41, 5.74) is 1.01. The van der Waals surface area contributed by atoms with E-state index in [4.69, 9.17) is 16.3 Å². The van der Waals surface area contributed by atoms with Crippen molar-refractivity contribution in [1.29, 1.82) is 0 Å². The Hall–Kier alpha value is -1.79. The van der Waals surface area contributed by atoms with Crippen LogP contribution in [0.4, 0.5) is 17.1 Å². The van der Waals surface area contributed by atoms with E-state index >= 15 is 0 Å². The highest BCUT2D eigenvalue weighted by Gasteiger charge is 2.14. The van der Waals surface area contributed by atoms with Crippen LogP contribution in [-0.2, 0) is 0 Å². The van der Waals surface area contributed by atoms with Gasteiger partial charge >= 0.3 is 0 Å². The quantitative estimate of drug-likeness (QED) is 0.633. The first-order valence-corrected chi connectivity index (χ1v) is 6.73. The highest BCUT2D eigenvalue weighted by Crippen LogP contribution is 2.33. The van der Waals surface area contributed by atoms with Gasteiger partial charge < -0.3 is 10.1 Å². The third kappa shape index (κ3) is 3.20. The Kier molecular flexibility index (Phi) is 4.46. The van der Waals surface area contributed by atoms with Crippen molar-refractivity contribution in [2.45, 2.75) is 0 Å². The van der Waals surface area contributed by atoms with Gasteiger partial charge in [-0.1, -0.05) is 27.5 Å². The minimum absolute atomic E-state index is 0.0219. The second kappa shape index (κ2) is 6.11. The number of nitrogens with one attached hydrogen (secondary N) is 1. The average molecular weight is 358 g/mol. The molecule has 0 saturated carbocycles. The SMILES string of the molecule is COc1ccc(Nc2ccc(Br)cc2[N+](=O)[O-])cc1Cl. The number of hydrogen-bond acceptors (Lipinski definition) is 4. The fourth-order valence-electron chi connectivity index (χ4n) is 1.66. The van der Waals surface area contributed by atoms with Crippen molar-refractivity contribution in [2.24, 2.45) is 0 Å². The van der Waals surface area contributed by atoms with Crippen molar-refractivity contribution < 1.29 is 9.66 Å². The van der Waals surface area contributed by atoms with Gasteiger partial charge in [0.25, 0.3) is 5.69 Å². The first kappa shape index (κ1) is 14.6. The Morgan fingerprint density at radius 1 is 1.30 bits per heavy atom. The highest BCUT2D eigenvalue weighted by molar-refractivity contribution is 9.10. The molecule has 0 amide bonds. The standard InChI is InChI=1S/C13H10BrClN2O3/c1-20-13-5-3-9(7-10(13)15)16-11-4-2-8(14)6-12(11)17(18)19/h2-7,16H,1H3. The van der Waals surface area contributed by atoms with E-state index in [0.717, 1.165) is 0 Å². The van der Waals surface area contributed by atoms with Crippen molar-refractivity contribution in [1.82, 2.24) is 0 Å². The lowest BCUT2D eigenvalue weighted by molar-refractivity contribution is -0.384. The van der Waals surface area contributed by atoms with Crippen LogP contribution in [0.25, 0.3) is 0 Å². The summed E-state index contributed by atoms with van der Waals surface area (Å²) in [6.45, 7) is 0. The van der Waals surface area contributed by atoms with Gasteiger partial charge in [-0.2, -0.15) is 0 Å². The van der Waals surface area contributed by atoms with E-state index in [1.807, 2.05) is 0 Å². The van der Waals surface area contributed by atoms with Crippen molar-refractivity contribution in [2.75, 3.05) is 12.4 Å². The minimum atomic E-state index is -0.446. The Morgan fingerprint density at radius 2 is 2.05 bits per heavy atom. The number of nitro groups is 1. The largest absolute Gasteiger partial charge is 0.495 e. The predicted octanol–water partition coefficient (Wildman–Crippen LogP) is 4.76. The van der Waals surface area contributed by atoms with Gasteiger partial charge in [-0.15, -0.1) is 0 Å². The van der Waals surface area contributed by atoms with E-state index < -0.39 is 4.92 Å². The molecule has 0 atom stereocenters. The maximum absolute atomic E-state index is 11.0. The van der Waals surface area contributed by atoms with Crippen molar-refractivity contribution >= 4 is 44.6 Å². The lowest BCUT2D eigenvalue weighted by Crippen LogP contribution is -1.97. The number of methoxy groups -OCH3 is 1. The molecule has 0 aliphatic rings. The summed E-state index contributed by atoms with van der Waals surface area (Å²) < 4.78 is 5.69. The third-order valence-corrected chi connectivity index (χ3v) is 3.38. The van der Waals surface area contributed by atoms with Crippen LogP contribution in [0.1, 0.15) is 0 Å². The number of ether oxygens (including phenoxy) is 1. The van der Waals surface area contributed by atoms with E-state index in [9.17, 15) is 10.1 Å². The van der Waals surface area contributed by atoms with Gasteiger partial charge in [-0.05, 0) is 30.3 Å². The van der Waals surface area contributed by atoms with Crippen LogP contribution >= 0.6 is 27.5 Å². The van der Waals surface area contributed by atoms with Crippen LogP contribution in [0.5, 0.6) is 5.75 Å². The number of hydrogen-bond donors (Lipinski definition) is 1. The first-order chi connectivity index (χ1) is 9.51. The second-order valence-electron chi connectivity index (χ2n) is 3.89. The average Bonchev–Trinajstić information content (AvgIpc) is 2.41. The summed E-state index contributed by atoms with van der Waals surface area (Å²) in [7, 11) is 1.52. The van der Waals surface area contributed by atoms with Crippen LogP contribution in [0.2, 0.25) is 5.02 Å². The fourth-order valence-corrected chi connectivity index (χ4v) is 2.27. The van der Waals surface area contributed by atoms with Crippen LogP contribution in [0.3, 0.4) is 0 Å². The van der Waals surface area contributed by atoms with Gasteiger partial charge in [0, 0.05) is 16.2 Å². The number of rotatable bonds is 4. The molecule has 0 aliphatic heterocycles. The topological polar surface area (TPSA) is 64.4 Å². The van der Waals surface area contributed by atoms with Gasteiger partial charge in [-0.25, -0.2) is 0 Å². The second-order valence-corrected chi connectivity index (χ2v) is 5.22. The van der Waals surface area contributed by atoms with E-state index in [1.54, 1.807) is 30.3 Å². The zero-order valence-electron chi connectivity index (χ0n) is 10.4. The molecule has 0 aliphatic carbocycles. The van der Waals surface area contributed by atoms with E-state index in [2.05, 4.69) is 21.2 Å². The van der Waals surface area contributed by atoms with E-state index in [1.165, 1.54) is 13.2 Å². The van der Waals surface area contributed by atoms with Crippen molar-refractivity contribution in [3.63, 3.8) is 0 Å². The first-order valence-electron chi connectivity index (χ1n) is 5.56. The number of halogens is 2. The third-order valence-electron chi connectivity index (χ3n) is 2.59. The molecule has 0 aromatic heterocycles. The van der Waals surface area contributed by atoms with Crippen LogP contribution < -0.4 is 10.1 Å². The van der Waals surface area contributed by atoms with E-state index in [-0.39, 0.29) is 5.69 Å². The molecule has 104 valence electrons. The summed E-state index contributed by atoms with van der Waals surface area (Å²) in [6.07, 6.45) is 0. The van der Waals surface area contributed by atoms with Gasteiger partial charge in [0.05, 0.1) is 17.1 Å². The minimum Gasteiger partial charge on any atom is -0.495 e. The molecule has 0 spiro atoms. The van der Waals surface area contributed by atoms with Crippen LogP contribution in [0, 0.1) is 10.1 Å². The number of nitro benzene ring substituents is 1. The zero-order valence-corrected chi connectivity index (χ0v) is 12.7. The molecule has 5 nitrogen and oxygen atoms in total. The molecule has 2 rings (SSSR count). The van der Waals surface area contributed by atoms with Crippen LogP contribution in [0.15, 0.2) is 40.9 Å². The van der Waals surface area contributed by atoms with Gasteiger partial charge in [0.15, 0.2) is 0 Å². The smallest absolute Gasteiger partial charge is 0.293 e. The van der Waals surface area contributed by atoms with Crippen molar-refractivity contribution in [3.05, 3.63) is 56.0 Å². The maximum atomic E-state index is 11.0. The van der Waals surface area contributed by atoms with Crippen LogP contribution in [-0.4, -0.2) is 12.0 Å². The van der Waals surface area contributed by atoms with Gasteiger partial charge in [-0.3, -0.25) is 10.1 Å². The van der Waals surface area contributed by atoms with Crippen molar-refractivity contribution in [3.8, 4) is 5.75 Å². The molecule has 0 saturated heterocycles. The molecule has 2 aromatic carbocycles.